The zero-order valence-corrected chi connectivity index (χ0v) is 12.7. The van der Waals surface area contributed by atoms with Crippen molar-refractivity contribution in [3.63, 3.8) is 0 Å². The molecule has 1 nitrogen and oxygen atoms in total. The maximum absolute atomic E-state index is 6.00. The molecule has 1 rings (SSSR count). The monoisotopic (exact) mass is 250 g/mol. The first-order chi connectivity index (χ1) is 8.56. The van der Waals surface area contributed by atoms with Crippen LogP contribution in [0.15, 0.2) is 23.8 Å². The number of hydrogen-bond acceptors (Lipinski definition) is 1. The van der Waals surface area contributed by atoms with Gasteiger partial charge in [0, 0.05) is 6.61 Å². The normalized spacial score (nSPS) is 36.0. The first-order valence-corrected chi connectivity index (χ1v) is 7.53. The maximum Gasteiger partial charge on any atom is 0.0657 e. The molecule has 0 amide bonds. The van der Waals surface area contributed by atoms with Gasteiger partial charge in [-0.2, -0.15) is 0 Å². The summed E-state index contributed by atoms with van der Waals surface area (Å²) in [6, 6.07) is 0. The van der Waals surface area contributed by atoms with Gasteiger partial charge in [0.25, 0.3) is 0 Å². The smallest absolute Gasteiger partial charge is 0.0657 e. The molecular weight excluding hydrogens is 220 g/mol. The summed E-state index contributed by atoms with van der Waals surface area (Å²) in [5.41, 5.74) is 1.54. The van der Waals surface area contributed by atoms with E-state index in [1.807, 2.05) is 0 Å². The molecular formula is C17H30O. The van der Waals surface area contributed by atoms with Gasteiger partial charge in [0.15, 0.2) is 0 Å². The summed E-state index contributed by atoms with van der Waals surface area (Å²) in [6.45, 7) is 9.76. The fraction of sp³-hybridized carbons (Fsp3) is 0.765. The second kappa shape index (κ2) is 7.78. The van der Waals surface area contributed by atoms with Crippen molar-refractivity contribution in [2.45, 2.75) is 71.8 Å². The molecule has 0 heterocycles. The zero-order valence-electron chi connectivity index (χ0n) is 12.7. The Morgan fingerprint density at radius 3 is 2.83 bits per heavy atom. The fourth-order valence-corrected chi connectivity index (χ4v) is 2.63. The third kappa shape index (κ3) is 5.86. The molecule has 0 aromatic rings. The first kappa shape index (κ1) is 15.5. The van der Waals surface area contributed by atoms with E-state index in [4.69, 9.17) is 4.74 Å². The maximum atomic E-state index is 6.00. The molecule has 0 bridgehead atoms. The molecule has 2 unspecified atom stereocenters. The van der Waals surface area contributed by atoms with E-state index in [2.05, 4.69) is 45.9 Å². The Bertz CT molecular complexity index is 290. The summed E-state index contributed by atoms with van der Waals surface area (Å²) in [7, 11) is 0. The SMILES string of the molecule is CCOC1(C)CCCCC(C)/C=C\C=C(/C)CC1. The molecule has 1 aliphatic carbocycles. The van der Waals surface area contributed by atoms with E-state index in [0.717, 1.165) is 19.4 Å². The highest BCUT2D eigenvalue weighted by molar-refractivity contribution is 5.11. The van der Waals surface area contributed by atoms with Crippen LogP contribution in [0.4, 0.5) is 0 Å². The second-order valence-electron chi connectivity index (χ2n) is 6.00. The van der Waals surface area contributed by atoms with Gasteiger partial charge in [0.05, 0.1) is 5.60 Å². The number of rotatable bonds is 2. The van der Waals surface area contributed by atoms with E-state index in [1.165, 1.54) is 31.3 Å². The van der Waals surface area contributed by atoms with E-state index in [9.17, 15) is 0 Å². The summed E-state index contributed by atoms with van der Waals surface area (Å²) >= 11 is 0. The van der Waals surface area contributed by atoms with Gasteiger partial charge >= 0.3 is 0 Å². The van der Waals surface area contributed by atoms with Crippen molar-refractivity contribution in [1.29, 1.82) is 0 Å². The number of hydrogen-bond donors (Lipinski definition) is 0. The first-order valence-electron chi connectivity index (χ1n) is 7.53. The van der Waals surface area contributed by atoms with Crippen LogP contribution in [-0.2, 0) is 4.74 Å². The van der Waals surface area contributed by atoms with Gasteiger partial charge in [-0.25, -0.2) is 0 Å². The second-order valence-corrected chi connectivity index (χ2v) is 6.00. The van der Waals surface area contributed by atoms with Crippen molar-refractivity contribution in [3.8, 4) is 0 Å². The van der Waals surface area contributed by atoms with Crippen molar-refractivity contribution in [2.24, 2.45) is 5.92 Å². The molecule has 104 valence electrons. The zero-order chi connectivity index (χ0) is 13.4. The van der Waals surface area contributed by atoms with Gasteiger partial charge in [-0.3, -0.25) is 0 Å². The molecule has 18 heavy (non-hydrogen) atoms. The van der Waals surface area contributed by atoms with E-state index < -0.39 is 0 Å². The highest BCUT2D eigenvalue weighted by atomic mass is 16.5. The lowest BCUT2D eigenvalue weighted by atomic mass is 9.89. The largest absolute Gasteiger partial charge is 0.376 e. The van der Waals surface area contributed by atoms with Gasteiger partial charge in [0.1, 0.15) is 0 Å². The summed E-state index contributed by atoms with van der Waals surface area (Å²) in [4.78, 5) is 0. The van der Waals surface area contributed by atoms with Crippen LogP contribution in [0.1, 0.15) is 66.2 Å². The third-order valence-electron chi connectivity index (χ3n) is 3.98. The summed E-state index contributed by atoms with van der Waals surface area (Å²) < 4.78 is 6.00. The molecule has 0 N–H and O–H groups in total. The molecule has 0 saturated carbocycles. The number of allylic oxidation sites excluding steroid dienone is 4. The van der Waals surface area contributed by atoms with Crippen molar-refractivity contribution >= 4 is 0 Å². The summed E-state index contributed by atoms with van der Waals surface area (Å²) in [5.74, 6) is 0.701. The third-order valence-corrected chi connectivity index (χ3v) is 3.98. The topological polar surface area (TPSA) is 9.23 Å². The van der Waals surface area contributed by atoms with Crippen LogP contribution < -0.4 is 0 Å². The summed E-state index contributed by atoms with van der Waals surface area (Å²) in [5, 5.41) is 0. The van der Waals surface area contributed by atoms with Crippen molar-refractivity contribution in [3.05, 3.63) is 23.8 Å². The van der Waals surface area contributed by atoms with Gasteiger partial charge in [-0.1, -0.05) is 43.6 Å². The van der Waals surface area contributed by atoms with Crippen LogP contribution in [0, 0.1) is 5.92 Å². The molecule has 1 heteroatoms. The molecule has 0 fully saturated rings. The summed E-state index contributed by atoms with van der Waals surface area (Å²) in [6.07, 6.45) is 14.2. The van der Waals surface area contributed by atoms with Crippen molar-refractivity contribution < 1.29 is 4.74 Å². The Morgan fingerprint density at radius 2 is 2.11 bits per heavy atom. The molecule has 1 aliphatic rings. The van der Waals surface area contributed by atoms with Gasteiger partial charge in [-0.05, 0) is 52.4 Å². The van der Waals surface area contributed by atoms with Crippen LogP contribution in [-0.4, -0.2) is 12.2 Å². The molecule has 0 radical (unpaired) electrons. The minimum atomic E-state index is 0.0794. The van der Waals surface area contributed by atoms with Gasteiger partial charge in [-0.15, -0.1) is 0 Å². The average molecular weight is 250 g/mol. The number of ether oxygens (including phenoxy) is 1. The van der Waals surface area contributed by atoms with Crippen LogP contribution in [0.25, 0.3) is 0 Å². The predicted octanol–water partition coefficient (Wildman–Crippen LogP) is 5.27. The average Bonchev–Trinajstić information content (AvgIpc) is 2.32. The fourth-order valence-electron chi connectivity index (χ4n) is 2.63. The Labute approximate surface area is 113 Å². The van der Waals surface area contributed by atoms with Crippen molar-refractivity contribution in [2.75, 3.05) is 6.61 Å². The molecule has 0 saturated heterocycles. The quantitative estimate of drug-likeness (QED) is 0.648. The molecule has 0 aromatic carbocycles. The van der Waals surface area contributed by atoms with E-state index in [0.29, 0.717) is 5.92 Å². The van der Waals surface area contributed by atoms with Crippen molar-refractivity contribution in [1.82, 2.24) is 0 Å². The predicted molar refractivity (Wildman–Crippen MR) is 79.8 cm³/mol. The van der Waals surface area contributed by atoms with E-state index >= 15 is 0 Å². The highest BCUT2D eigenvalue weighted by Crippen LogP contribution is 2.28. The molecule has 0 aromatic heterocycles. The van der Waals surface area contributed by atoms with Gasteiger partial charge in [0.2, 0.25) is 0 Å². The molecule has 0 aliphatic heterocycles. The van der Waals surface area contributed by atoms with E-state index in [-0.39, 0.29) is 5.60 Å². The Hall–Kier alpha value is -0.560. The Kier molecular flexibility index (Phi) is 6.70. The molecule has 2 atom stereocenters. The lowest BCUT2D eigenvalue weighted by Gasteiger charge is -2.30. The minimum Gasteiger partial charge on any atom is -0.376 e. The van der Waals surface area contributed by atoms with Crippen LogP contribution in [0.2, 0.25) is 0 Å². The van der Waals surface area contributed by atoms with Crippen LogP contribution in [0.5, 0.6) is 0 Å². The van der Waals surface area contributed by atoms with Gasteiger partial charge < -0.3 is 4.74 Å². The molecule has 0 spiro atoms. The lowest BCUT2D eigenvalue weighted by molar-refractivity contribution is -0.0385. The minimum absolute atomic E-state index is 0.0794. The standard InChI is InChI=1S/C17H30O/c1-5-18-17(4)13-7-6-9-15(2)10-8-11-16(3)12-14-17/h8,10-11,15H,5-7,9,12-14H2,1-4H3/b10-8-,16-11+. The van der Waals surface area contributed by atoms with Crippen LogP contribution in [0.3, 0.4) is 0 Å². The Morgan fingerprint density at radius 1 is 1.33 bits per heavy atom. The van der Waals surface area contributed by atoms with Crippen LogP contribution >= 0.6 is 0 Å². The van der Waals surface area contributed by atoms with E-state index in [1.54, 1.807) is 0 Å². The Balaban J connectivity index is 2.68. The highest BCUT2D eigenvalue weighted by Gasteiger charge is 2.23. The lowest BCUT2D eigenvalue weighted by Crippen LogP contribution is -2.29.